The van der Waals surface area contributed by atoms with Gasteiger partial charge in [0.15, 0.2) is 0 Å². The molecule has 0 radical (unpaired) electrons. The van der Waals surface area contributed by atoms with Gasteiger partial charge in [-0.1, -0.05) is 91.5 Å². The second-order valence-corrected chi connectivity index (χ2v) is 9.81. The van der Waals surface area contributed by atoms with Gasteiger partial charge in [0.1, 0.15) is 12.7 Å². The summed E-state index contributed by atoms with van der Waals surface area (Å²) in [6, 6.07) is 32.3. The first-order valence-corrected chi connectivity index (χ1v) is 12.8. The number of fused-ring (bicyclic) bond motifs is 11. The second kappa shape index (κ2) is 9.90. The van der Waals surface area contributed by atoms with E-state index in [2.05, 4.69) is 97.6 Å². The molecule has 0 spiro atoms. The van der Waals surface area contributed by atoms with Crippen molar-refractivity contribution in [3.63, 3.8) is 0 Å². The van der Waals surface area contributed by atoms with Crippen LogP contribution < -0.4 is 0 Å². The predicted molar refractivity (Wildman–Crippen MR) is 155 cm³/mol. The standard InChI is InChI=1S/C34H28O4/c1-21(2)34(36)38-20-23(35)19-37-18-22-15-16-27-26-11-5-7-13-29(26)32-28-12-6-3-9-24(28)25-10-4-8-14-30(25)33(32)31(27)17-22/h3-17,23,35H,1,18-20H2,2H3. The third kappa shape index (κ3) is 4.18. The van der Waals surface area contributed by atoms with Crippen molar-refractivity contribution in [1.82, 2.24) is 0 Å². The molecule has 6 aromatic rings. The minimum absolute atomic E-state index is 0.0630. The molecule has 0 saturated heterocycles. The molecule has 4 nitrogen and oxygen atoms in total. The van der Waals surface area contributed by atoms with Gasteiger partial charge in [0.25, 0.3) is 0 Å². The fraction of sp³-hybridized carbons (Fsp3) is 0.147. The molecule has 6 rings (SSSR count). The summed E-state index contributed by atoms with van der Waals surface area (Å²) in [5.74, 6) is -0.516. The minimum atomic E-state index is -0.904. The van der Waals surface area contributed by atoms with Gasteiger partial charge in [0.2, 0.25) is 0 Å². The number of aliphatic hydroxyl groups excluding tert-OH is 1. The third-order valence-electron chi connectivity index (χ3n) is 7.11. The van der Waals surface area contributed by atoms with Gasteiger partial charge in [-0.05, 0) is 72.4 Å². The Bertz CT molecular complexity index is 1850. The van der Waals surface area contributed by atoms with Crippen molar-refractivity contribution < 1.29 is 19.4 Å². The van der Waals surface area contributed by atoms with Gasteiger partial charge in [0, 0.05) is 5.57 Å². The Labute approximate surface area is 220 Å². The van der Waals surface area contributed by atoms with Crippen LogP contribution in [0.25, 0.3) is 53.9 Å². The molecule has 0 aliphatic carbocycles. The van der Waals surface area contributed by atoms with Crippen LogP contribution in [0.2, 0.25) is 0 Å². The van der Waals surface area contributed by atoms with Crippen LogP contribution in [0.5, 0.6) is 0 Å². The highest BCUT2D eigenvalue weighted by Gasteiger charge is 2.16. The lowest BCUT2D eigenvalue weighted by Gasteiger charge is -2.17. The lowest BCUT2D eigenvalue weighted by Crippen LogP contribution is -2.23. The van der Waals surface area contributed by atoms with Crippen LogP contribution in [0, 0.1) is 0 Å². The molecule has 0 bridgehead atoms. The third-order valence-corrected chi connectivity index (χ3v) is 7.11. The van der Waals surface area contributed by atoms with Crippen molar-refractivity contribution in [1.29, 1.82) is 0 Å². The van der Waals surface area contributed by atoms with Crippen LogP contribution in [-0.2, 0) is 20.9 Å². The van der Waals surface area contributed by atoms with Crippen LogP contribution in [0.15, 0.2) is 103 Å². The molecule has 0 aliphatic rings. The van der Waals surface area contributed by atoms with Crippen molar-refractivity contribution in [2.75, 3.05) is 13.2 Å². The highest BCUT2D eigenvalue weighted by atomic mass is 16.5. The molecule has 188 valence electrons. The minimum Gasteiger partial charge on any atom is -0.460 e. The van der Waals surface area contributed by atoms with Crippen LogP contribution >= 0.6 is 0 Å². The fourth-order valence-corrected chi connectivity index (χ4v) is 5.42. The summed E-state index contributed by atoms with van der Waals surface area (Å²) in [5, 5.41) is 22.5. The Balaban J connectivity index is 1.46. The molecule has 1 unspecified atom stereocenters. The fourth-order valence-electron chi connectivity index (χ4n) is 5.42. The zero-order chi connectivity index (χ0) is 26.2. The van der Waals surface area contributed by atoms with E-state index in [1.54, 1.807) is 6.92 Å². The molecule has 38 heavy (non-hydrogen) atoms. The van der Waals surface area contributed by atoms with Gasteiger partial charge in [-0.15, -0.1) is 0 Å². The van der Waals surface area contributed by atoms with Crippen molar-refractivity contribution >= 4 is 59.8 Å². The zero-order valence-corrected chi connectivity index (χ0v) is 21.2. The largest absolute Gasteiger partial charge is 0.460 e. The number of aliphatic hydroxyl groups is 1. The Morgan fingerprint density at radius 2 is 1.18 bits per heavy atom. The zero-order valence-electron chi connectivity index (χ0n) is 21.2. The summed E-state index contributed by atoms with van der Waals surface area (Å²) in [7, 11) is 0. The lowest BCUT2D eigenvalue weighted by atomic mass is 9.87. The number of rotatable bonds is 7. The normalized spacial score (nSPS) is 12.5. The van der Waals surface area contributed by atoms with E-state index in [0.717, 1.165) is 5.56 Å². The van der Waals surface area contributed by atoms with Crippen LogP contribution in [0.4, 0.5) is 0 Å². The molecule has 0 fully saturated rings. The first-order chi connectivity index (χ1) is 18.5. The van der Waals surface area contributed by atoms with E-state index in [-0.39, 0.29) is 13.2 Å². The summed E-state index contributed by atoms with van der Waals surface area (Å²) in [6.45, 7) is 5.39. The highest BCUT2D eigenvalue weighted by molar-refractivity contribution is 6.39. The predicted octanol–water partition coefficient (Wildman–Crippen LogP) is 7.45. The quantitative estimate of drug-likeness (QED) is 0.141. The summed E-state index contributed by atoms with van der Waals surface area (Å²) in [5.41, 5.74) is 1.31. The maximum atomic E-state index is 11.6. The average Bonchev–Trinajstić information content (AvgIpc) is 2.95. The first kappa shape index (κ1) is 24.1. The highest BCUT2D eigenvalue weighted by Crippen LogP contribution is 2.43. The summed E-state index contributed by atoms with van der Waals surface area (Å²) < 4.78 is 10.8. The van der Waals surface area contributed by atoms with Gasteiger partial charge < -0.3 is 14.6 Å². The van der Waals surface area contributed by atoms with Gasteiger partial charge in [-0.3, -0.25) is 0 Å². The topological polar surface area (TPSA) is 55.8 Å². The van der Waals surface area contributed by atoms with E-state index in [0.29, 0.717) is 12.2 Å². The molecular formula is C34H28O4. The summed E-state index contributed by atoms with van der Waals surface area (Å²) in [4.78, 5) is 11.6. The van der Waals surface area contributed by atoms with Gasteiger partial charge in [-0.25, -0.2) is 4.79 Å². The monoisotopic (exact) mass is 500 g/mol. The Morgan fingerprint density at radius 1 is 0.711 bits per heavy atom. The number of hydrogen-bond acceptors (Lipinski definition) is 4. The SMILES string of the molecule is C=C(C)C(=O)OCC(O)COCc1ccc2c3ccccc3c3c4ccccc4c4ccccc4c3c2c1. The van der Waals surface area contributed by atoms with Crippen molar-refractivity contribution in [3.05, 3.63) is 109 Å². The van der Waals surface area contributed by atoms with Gasteiger partial charge in [-0.2, -0.15) is 0 Å². The number of benzene rings is 6. The van der Waals surface area contributed by atoms with Crippen LogP contribution in [-0.4, -0.2) is 30.4 Å². The van der Waals surface area contributed by atoms with Crippen molar-refractivity contribution in [3.8, 4) is 0 Å². The van der Waals surface area contributed by atoms with Gasteiger partial charge in [0.05, 0.1) is 13.2 Å². The maximum absolute atomic E-state index is 11.6. The second-order valence-electron chi connectivity index (χ2n) is 9.81. The molecule has 1 atom stereocenters. The van der Waals surface area contributed by atoms with E-state index in [1.807, 2.05) is 0 Å². The van der Waals surface area contributed by atoms with Gasteiger partial charge >= 0.3 is 5.97 Å². The van der Waals surface area contributed by atoms with E-state index in [4.69, 9.17) is 9.47 Å². The Morgan fingerprint density at radius 3 is 1.71 bits per heavy atom. The molecule has 0 aromatic heterocycles. The Hall–Kier alpha value is -4.25. The van der Waals surface area contributed by atoms with Crippen molar-refractivity contribution in [2.24, 2.45) is 0 Å². The average molecular weight is 501 g/mol. The number of ether oxygens (including phenoxy) is 2. The van der Waals surface area contributed by atoms with Crippen LogP contribution in [0.3, 0.4) is 0 Å². The maximum Gasteiger partial charge on any atom is 0.333 e. The summed E-state index contributed by atoms with van der Waals surface area (Å²) >= 11 is 0. The number of carbonyl (C=O) groups is 1. The molecule has 1 N–H and O–H groups in total. The molecule has 0 saturated carbocycles. The molecule has 0 aliphatic heterocycles. The Kier molecular flexibility index (Phi) is 6.28. The molecule has 4 heteroatoms. The van der Waals surface area contributed by atoms with Crippen molar-refractivity contribution in [2.45, 2.75) is 19.6 Å². The van der Waals surface area contributed by atoms with E-state index < -0.39 is 12.1 Å². The summed E-state index contributed by atoms with van der Waals surface area (Å²) in [6.07, 6.45) is -0.904. The number of hydrogen-bond donors (Lipinski definition) is 1. The van der Waals surface area contributed by atoms with Crippen LogP contribution in [0.1, 0.15) is 12.5 Å². The lowest BCUT2D eigenvalue weighted by molar-refractivity contribution is -0.143. The van der Waals surface area contributed by atoms with E-state index >= 15 is 0 Å². The molecular weight excluding hydrogens is 472 g/mol. The molecule has 6 aromatic carbocycles. The van der Waals surface area contributed by atoms with E-state index in [1.165, 1.54) is 53.9 Å². The number of esters is 1. The molecule has 0 amide bonds. The smallest absolute Gasteiger partial charge is 0.333 e. The first-order valence-electron chi connectivity index (χ1n) is 12.8. The van der Waals surface area contributed by atoms with E-state index in [9.17, 15) is 9.90 Å². The molecule has 0 heterocycles. The number of carbonyl (C=O) groups excluding carboxylic acids is 1.